The van der Waals surface area contributed by atoms with Crippen LogP contribution in [0.3, 0.4) is 0 Å². The minimum Gasteiger partial charge on any atom is -0.486 e. The third kappa shape index (κ3) is 4.19. The van der Waals surface area contributed by atoms with Crippen LogP contribution in [-0.2, 0) is 0 Å². The normalized spacial score (nSPS) is 20.7. The summed E-state index contributed by atoms with van der Waals surface area (Å²) in [6, 6.07) is 16.2. The summed E-state index contributed by atoms with van der Waals surface area (Å²) in [7, 11) is 0. The summed E-state index contributed by atoms with van der Waals surface area (Å²) in [6.45, 7) is 4.57. The highest BCUT2D eigenvalue weighted by Gasteiger charge is 2.43. The molecule has 0 spiro atoms. The van der Waals surface area contributed by atoms with Crippen LogP contribution >= 0.6 is 36.2 Å². The minimum absolute atomic E-state index is 0. The van der Waals surface area contributed by atoms with Crippen molar-refractivity contribution in [2.24, 2.45) is 11.7 Å². The number of thiazole rings is 1. The number of benzene rings is 2. The van der Waals surface area contributed by atoms with Gasteiger partial charge in [0.15, 0.2) is 22.7 Å². The monoisotopic (exact) mass is 467 g/mol. The molecule has 30 heavy (non-hydrogen) atoms. The number of anilines is 1. The Kier molecular flexibility index (Phi) is 7.02. The van der Waals surface area contributed by atoms with Gasteiger partial charge in [0.2, 0.25) is 0 Å². The maximum Gasteiger partial charge on any atom is 0.186 e. The number of fused-ring (bicyclic) bond motifs is 2. The smallest absolute Gasteiger partial charge is 0.186 e. The second-order valence-electron chi connectivity index (χ2n) is 7.96. The van der Waals surface area contributed by atoms with Crippen molar-refractivity contribution in [2.45, 2.75) is 31.4 Å². The molecule has 162 valence electrons. The number of nitrogens with zero attached hydrogens (tertiary/aromatic N) is 2. The SMILES string of the molecule is CC(N)(C1CCN(c2nc3ccccc3s2)CC1)C1COc2ccccc2O1.Cl.Cl. The fourth-order valence-corrected chi connectivity index (χ4v) is 5.29. The maximum absolute atomic E-state index is 6.83. The molecule has 2 unspecified atom stereocenters. The number of hydrogen-bond acceptors (Lipinski definition) is 6. The van der Waals surface area contributed by atoms with E-state index < -0.39 is 5.54 Å². The van der Waals surface area contributed by atoms with Gasteiger partial charge >= 0.3 is 0 Å². The summed E-state index contributed by atoms with van der Waals surface area (Å²) in [5.74, 6) is 1.99. The average Bonchev–Trinajstić information content (AvgIpc) is 3.18. The lowest BCUT2D eigenvalue weighted by Crippen LogP contribution is -2.61. The van der Waals surface area contributed by atoms with Crippen molar-refractivity contribution in [3.8, 4) is 11.5 Å². The topological polar surface area (TPSA) is 60.6 Å². The second-order valence-corrected chi connectivity index (χ2v) is 8.96. The third-order valence-electron chi connectivity index (χ3n) is 6.13. The molecule has 0 aliphatic carbocycles. The molecule has 0 saturated carbocycles. The van der Waals surface area contributed by atoms with E-state index in [4.69, 9.17) is 20.2 Å². The quantitative estimate of drug-likeness (QED) is 0.592. The molecule has 1 saturated heterocycles. The van der Waals surface area contributed by atoms with Crippen LogP contribution in [0.1, 0.15) is 19.8 Å². The number of aromatic nitrogens is 1. The lowest BCUT2D eigenvalue weighted by molar-refractivity contribution is 0.00937. The standard InChI is InChI=1S/C22H25N3O2S.2ClH/c1-22(23,20-14-26-17-7-3-4-8-18(17)27-20)15-10-12-25(13-11-15)21-24-16-6-2-5-9-19(16)28-21;;/h2-9,15,20H,10-14,23H2,1H3;2*1H. The maximum atomic E-state index is 6.83. The molecule has 3 aromatic rings. The van der Waals surface area contributed by atoms with Crippen LogP contribution in [0.25, 0.3) is 10.2 Å². The van der Waals surface area contributed by atoms with Gasteiger partial charge in [0, 0.05) is 13.1 Å². The number of para-hydroxylation sites is 3. The van der Waals surface area contributed by atoms with E-state index in [1.807, 2.05) is 30.3 Å². The van der Waals surface area contributed by atoms with E-state index in [1.54, 1.807) is 11.3 Å². The minimum atomic E-state index is -0.437. The Balaban J connectivity index is 0.00000128. The van der Waals surface area contributed by atoms with Crippen LogP contribution in [0.5, 0.6) is 11.5 Å². The molecule has 2 aliphatic rings. The highest BCUT2D eigenvalue weighted by molar-refractivity contribution is 7.22. The van der Waals surface area contributed by atoms with Crippen molar-refractivity contribution < 1.29 is 9.47 Å². The van der Waals surface area contributed by atoms with Gasteiger partial charge in [-0.2, -0.15) is 0 Å². The van der Waals surface area contributed by atoms with Crippen LogP contribution in [0, 0.1) is 5.92 Å². The zero-order valence-corrected chi connectivity index (χ0v) is 19.3. The summed E-state index contributed by atoms with van der Waals surface area (Å²) in [5.41, 5.74) is 7.48. The lowest BCUT2D eigenvalue weighted by atomic mass is 9.76. The van der Waals surface area contributed by atoms with Crippen molar-refractivity contribution in [3.63, 3.8) is 0 Å². The molecule has 2 atom stereocenters. The highest BCUT2D eigenvalue weighted by Crippen LogP contribution is 2.38. The summed E-state index contributed by atoms with van der Waals surface area (Å²) < 4.78 is 13.4. The van der Waals surface area contributed by atoms with E-state index in [0.29, 0.717) is 12.5 Å². The molecule has 0 bridgehead atoms. The Hall–Kier alpha value is -1.73. The van der Waals surface area contributed by atoms with Gasteiger partial charge in [-0.3, -0.25) is 0 Å². The molecule has 2 N–H and O–H groups in total. The number of hydrogen-bond donors (Lipinski definition) is 1. The van der Waals surface area contributed by atoms with Crippen LogP contribution in [0.15, 0.2) is 48.5 Å². The summed E-state index contributed by atoms with van der Waals surface area (Å²) in [5, 5.41) is 1.12. The number of rotatable bonds is 3. The van der Waals surface area contributed by atoms with Crippen molar-refractivity contribution in [1.82, 2.24) is 4.98 Å². The van der Waals surface area contributed by atoms with Gasteiger partial charge in [-0.15, -0.1) is 24.8 Å². The first-order valence-corrected chi connectivity index (χ1v) is 10.7. The first kappa shape index (κ1) is 22.9. The zero-order chi connectivity index (χ0) is 19.1. The van der Waals surface area contributed by atoms with Crippen molar-refractivity contribution in [1.29, 1.82) is 0 Å². The summed E-state index contributed by atoms with van der Waals surface area (Å²) in [4.78, 5) is 7.20. The Labute approximate surface area is 193 Å². The number of ether oxygens (including phenoxy) is 2. The molecule has 2 aromatic carbocycles. The summed E-state index contributed by atoms with van der Waals surface area (Å²) in [6.07, 6.45) is 1.93. The molecular formula is C22H27Cl2N3O2S. The predicted octanol–water partition coefficient (Wildman–Crippen LogP) is 4.91. The molecular weight excluding hydrogens is 441 g/mol. The van der Waals surface area contributed by atoms with Gasteiger partial charge in [0.25, 0.3) is 0 Å². The van der Waals surface area contributed by atoms with Crippen LogP contribution < -0.4 is 20.1 Å². The van der Waals surface area contributed by atoms with E-state index in [9.17, 15) is 0 Å². The van der Waals surface area contributed by atoms with Gasteiger partial charge in [-0.25, -0.2) is 4.98 Å². The molecule has 1 fully saturated rings. The van der Waals surface area contributed by atoms with Crippen molar-refractivity contribution in [3.05, 3.63) is 48.5 Å². The van der Waals surface area contributed by atoms with E-state index in [-0.39, 0.29) is 30.9 Å². The van der Waals surface area contributed by atoms with E-state index >= 15 is 0 Å². The van der Waals surface area contributed by atoms with Gasteiger partial charge < -0.3 is 20.1 Å². The summed E-state index contributed by atoms with van der Waals surface area (Å²) >= 11 is 1.77. The van der Waals surface area contributed by atoms with Crippen LogP contribution in [0.4, 0.5) is 5.13 Å². The van der Waals surface area contributed by atoms with Gasteiger partial charge in [-0.1, -0.05) is 35.6 Å². The van der Waals surface area contributed by atoms with E-state index in [1.165, 1.54) is 4.70 Å². The number of halogens is 2. The van der Waals surface area contributed by atoms with Crippen LogP contribution in [-0.4, -0.2) is 36.3 Å². The van der Waals surface area contributed by atoms with E-state index in [0.717, 1.165) is 48.1 Å². The Morgan fingerprint density at radius 2 is 1.70 bits per heavy atom. The molecule has 0 radical (unpaired) electrons. The molecule has 1 aromatic heterocycles. The highest BCUT2D eigenvalue weighted by atomic mass is 35.5. The Morgan fingerprint density at radius 1 is 1.03 bits per heavy atom. The Morgan fingerprint density at radius 3 is 2.43 bits per heavy atom. The molecule has 2 aliphatic heterocycles. The fraction of sp³-hybridized carbons (Fsp3) is 0.409. The fourth-order valence-electron chi connectivity index (χ4n) is 4.28. The van der Waals surface area contributed by atoms with E-state index in [2.05, 4.69) is 30.0 Å². The first-order chi connectivity index (χ1) is 13.6. The van der Waals surface area contributed by atoms with Crippen molar-refractivity contribution in [2.75, 3.05) is 24.6 Å². The average molecular weight is 468 g/mol. The second kappa shape index (κ2) is 9.18. The molecule has 5 nitrogen and oxygen atoms in total. The Bertz CT molecular complexity index is 956. The molecule has 5 rings (SSSR count). The third-order valence-corrected chi connectivity index (χ3v) is 7.23. The van der Waals surface area contributed by atoms with Gasteiger partial charge in [0.05, 0.1) is 15.8 Å². The van der Waals surface area contributed by atoms with Crippen molar-refractivity contribution >= 4 is 51.5 Å². The first-order valence-electron chi connectivity index (χ1n) is 9.89. The van der Waals surface area contributed by atoms with Gasteiger partial charge in [-0.05, 0) is 49.9 Å². The van der Waals surface area contributed by atoms with Crippen LogP contribution in [0.2, 0.25) is 0 Å². The largest absolute Gasteiger partial charge is 0.486 e. The molecule has 0 amide bonds. The number of piperidine rings is 1. The lowest BCUT2D eigenvalue weighted by Gasteiger charge is -2.45. The molecule has 3 heterocycles. The number of nitrogens with two attached hydrogens (primary N) is 1. The predicted molar refractivity (Wildman–Crippen MR) is 128 cm³/mol. The van der Waals surface area contributed by atoms with Gasteiger partial charge in [0.1, 0.15) is 6.61 Å². The zero-order valence-electron chi connectivity index (χ0n) is 16.8. The molecule has 8 heteroatoms.